The second-order valence-electron chi connectivity index (χ2n) is 8.50. The summed E-state index contributed by atoms with van der Waals surface area (Å²) < 4.78 is 29.6. The summed E-state index contributed by atoms with van der Waals surface area (Å²) in [6, 6.07) is 4.75. The van der Waals surface area contributed by atoms with Gasteiger partial charge in [0.25, 0.3) is 5.91 Å². The first-order valence-electron chi connectivity index (χ1n) is 9.98. The highest BCUT2D eigenvalue weighted by Gasteiger charge is 2.30. The predicted molar refractivity (Wildman–Crippen MR) is 111 cm³/mol. The second-order valence-corrected chi connectivity index (χ2v) is 8.50. The average molecular weight is 430 g/mol. The van der Waals surface area contributed by atoms with Crippen molar-refractivity contribution in [2.24, 2.45) is 0 Å². The van der Waals surface area contributed by atoms with E-state index < -0.39 is 23.1 Å². The Kier molecular flexibility index (Phi) is 5.26. The van der Waals surface area contributed by atoms with Gasteiger partial charge in [-0.2, -0.15) is 0 Å². The number of hydrogen-bond donors (Lipinski definition) is 2. The summed E-state index contributed by atoms with van der Waals surface area (Å²) in [5, 5.41) is 4.14. The van der Waals surface area contributed by atoms with Crippen molar-refractivity contribution >= 4 is 23.1 Å². The van der Waals surface area contributed by atoms with E-state index in [1.54, 1.807) is 26.8 Å². The lowest BCUT2D eigenvalue weighted by Crippen LogP contribution is -2.33. The average Bonchev–Trinajstić information content (AvgIpc) is 3.30. The minimum atomic E-state index is -0.585. The number of rotatable bonds is 4. The van der Waals surface area contributed by atoms with Gasteiger partial charge in [-0.15, -0.1) is 5.10 Å². The van der Waals surface area contributed by atoms with Crippen LogP contribution in [-0.4, -0.2) is 32.7 Å². The molecule has 0 spiro atoms. The van der Waals surface area contributed by atoms with Gasteiger partial charge >= 0.3 is 0 Å². The van der Waals surface area contributed by atoms with Gasteiger partial charge < -0.3 is 10.6 Å². The molecule has 1 amide bonds. The number of fused-ring (bicyclic) bond motifs is 1. The van der Waals surface area contributed by atoms with Crippen LogP contribution in [0.5, 0.6) is 0 Å². The highest BCUT2D eigenvalue weighted by atomic mass is 19.1. The monoisotopic (exact) mass is 430 g/mol. The van der Waals surface area contributed by atoms with Crippen molar-refractivity contribution in [3.05, 3.63) is 53.4 Å². The van der Waals surface area contributed by atoms with E-state index in [-0.39, 0.29) is 23.0 Å². The highest BCUT2D eigenvalue weighted by molar-refractivity contribution is 6.04. The Balaban J connectivity index is 1.70. The first kappa shape index (κ1) is 21.0. The van der Waals surface area contributed by atoms with Crippen LogP contribution in [0.15, 0.2) is 30.6 Å². The maximum atomic E-state index is 14.4. The molecule has 1 aromatic carbocycles. The van der Waals surface area contributed by atoms with Gasteiger partial charge in [0.2, 0.25) is 0 Å². The van der Waals surface area contributed by atoms with Gasteiger partial charge in [0.05, 0.1) is 17.2 Å². The minimum absolute atomic E-state index is 0.0307. The SMILES string of the molecule is CC(C)(C)ONC(=O)c1c(N)nn2cnc(N3CCCC3c3cc(F)ccc3F)cc12. The molecule has 1 fully saturated rings. The van der Waals surface area contributed by atoms with Crippen LogP contribution in [0.4, 0.5) is 20.4 Å². The van der Waals surface area contributed by atoms with Crippen LogP contribution in [0.1, 0.15) is 55.6 Å². The summed E-state index contributed by atoms with van der Waals surface area (Å²) in [6.45, 7) is 6.01. The number of halogens is 2. The normalized spacial score (nSPS) is 16.8. The van der Waals surface area contributed by atoms with Crippen molar-refractivity contribution in [2.45, 2.75) is 45.3 Å². The molecule has 0 radical (unpaired) electrons. The lowest BCUT2D eigenvalue weighted by atomic mass is 10.0. The summed E-state index contributed by atoms with van der Waals surface area (Å²) in [6.07, 6.45) is 2.89. The fourth-order valence-corrected chi connectivity index (χ4v) is 3.74. The molecule has 31 heavy (non-hydrogen) atoms. The summed E-state index contributed by atoms with van der Waals surface area (Å²) >= 11 is 0. The fourth-order valence-electron chi connectivity index (χ4n) is 3.74. The molecule has 4 rings (SSSR count). The Bertz CT molecular complexity index is 1140. The third-order valence-corrected chi connectivity index (χ3v) is 5.08. The van der Waals surface area contributed by atoms with Crippen molar-refractivity contribution in [3.63, 3.8) is 0 Å². The molecule has 8 nitrogen and oxygen atoms in total. The number of nitrogens with zero attached hydrogens (tertiary/aromatic N) is 4. The number of nitrogens with one attached hydrogen (secondary N) is 1. The van der Waals surface area contributed by atoms with Crippen molar-refractivity contribution < 1.29 is 18.4 Å². The molecule has 10 heteroatoms. The van der Waals surface area contributed by atoms with E-state index in [4.69, 9.17) is 10.6 Å². The second kappa shape index (κ2) is 7.77. The van der Waals surface area contributed by atoms with Gasteiger partial charge in [0, 0.05) is 18.2 Å². The number of hydroxylamine groups is 1. The fraction of sp³-hybridized carbons (Fsp3) is 0.381. The number of carbonyl (C=O) groups is 1. The summed E-state index contributed by atoms with van der Waals surface area (Å²) in [7, 11) is 0. The Morgan fingerprint density at radius 2 is 2.06 bits per heavy atom. The van der Waals surface area contributed by atoms with E-state index >= 15 is 0 Å². The van der Waals surface area contributed by atoms with Crippen LogP contribution in [0.25, 0.3) is 5.52 Å². The quantitative estimate of drug-likeness (QED) is 0.616. The summed E-state index contributed by atoms with van der Waals surface area (Å²) in [5.41, 5.74) is 8.65. The van der Waals surface area contributed by atoms with Crippen LogP contribution in [0.3, 0.4) is 0 Å². The van der Waals surface area contributed by atoms with Crippen LogP contribution < -0.4 is 16.1 Å². The summed E-state index contributed by atoms with van der Waals surface area (Å²) in [4.78, 5) is 24.4. The molecule has 3 heterocycles. The first-order chi connectivity index (χ1) is 14.6. The van der Waals surface area contributed by atoms with Crippen LogP contribution in [0.2, 0.25) is 0 Å². The predicted octanol–water partition coefficient (Wildman–Crippen LogP) is 3.39. The number of hydrogen-bond acceptors (Lipinski definition) is 6. The maximum Gasteiger partial charge on any atom is 0.280 e. The van der Waals surface area contributed by atoms with Crippen molar-refractivity contribution in [1.29, 1.82) is 0 Å². The van der Waals surface area contributed by atoms with E-state index in [1.165, 1.54) is 16.9 Å². The van der Waals surface area contributed by atoms with Crippen molar-refractivity contribution in [3.8, 4) is 0 Å². The van der Waals surface area contributed by atoms with Gasteiger partial charge in [0.15, 0.2) is 5.82 Å². The number of nitrogen functional groups attached to an aromatic ring is 1. The van der Waals surface area contributed by atoms with Crippen molar-refractivity contribution in [2.75, 3.05) is 17.2 Å². The topological polar surface area (TPSA) is 97.8 Å². The zero-order valence-corrected chi connectivity index (χ0v) is 17.5. The van der Waals surface area contributed by atoms with E-state index in [2.05, 4.69) is 15.6 Å². The van der Waals surface area contributed by atoms with E-state index in [0.29, 0.717) is 24.3 Å². The number of carbonyl (C=O) groups excluding carboxylic acids is 1. The largest absolute Gasteiger partial charge is 0.382 e. The third-order valence-electron chi connectivity index (χ3n) is 5.08. The number of nitrogens with two attached hydrogens (primary N) is 1. The zero-order valence-electron chi connectivity index (χ0n) is 17.5. The molecule has 3 N–H and O–H groups in total. The van der Waals surface area contributed by atoms with Gasteiger partial charge in [-0.1, -0.05) is 0 Å². The minimum Gasteiger partial charge on any atom is -0.382 e. The van der Waals surface area contributed by atoms with Crippen molar-refractivity contribution in [1.82, 2.24) is 20.1 Å². The highest BCUT2D eigenvalue weighted by Crippen LogP contribution is 2.37. The molecule has 1 unspecified atom stereocenters. The molecule has 1 atom stereocenters. The summed E-state index contributed by atoms with van der Waals surface area (Å²) in [5.74, 6) is -0.943. The maximum absolute atomic E-state index is 14.4. The third kappa shape index (κ3) is 4.15. The van der Waals surface area contributed by atoms with E-state index in [1.807, 2.05) is 4.90 Å². The zero-order chi connectivity index (χ0) is 22.3. The van der Waals surface area contributed by atoms with E-state index in [0.717, 1.165) is 18.6 Å². The molecule has 164 valence electrons. The molecular weight excluding hydrogens is 406 g/mol. The number of anilines is 2. The standard InChI is InChI=1S/C21H24F2N6O2/c1-21(2,3)31-27-20(30)18-16-10-17(25-11-29(16)26-19(18)24)28-8-4-5-15(28)13-9-12(22)6-7-14(13)23/h6-7,9-11,15H,4-5,8H2,1-3H3,(H2,24,26)(H,27,30). The molecular formula is C21H24F2N6O2. The van der Waals surface area contributed by atoms with Gasteiger partial charge in [-0.25, -0.2) is 23.8 Å². The Morgan fingerprint density at radius 1 is 1.29 bits per heavy atom. The molecule has 0 aliphatic carbocycles. The lowest BCUT2D eigenvalue weighted by molar-refractivity contribution is -0.0588. The lowest BCUT2D eigenvalue weighted by Gasteiger charge is -2.26. The first-order valence-corrected chi connectivity index (χ1v) is 9.98. The molecule has 1 aliphatic heterocycles. The molecule has 2 aromatic heterocycles. The van der Waals surface area contributed by atoms with E-state index in [9.17, 15) is 13.6 Å². The number of amides is 1. The Labute approximate surface area is 178 Å². The molecule has 0 bridgehead atoms. The van der Waals surface area contributed by atoms with Gasteiger partial charge in [-0.3, -0.25) is 9.63 Å². The molecule has 0 saturated carbocycles. The Hall–Kier alpha value is -3.27. The molecule has 3 aromatic rings. The van der Waals surface area contributed by atoms with Crippen LogP contribution >= 0.6 is 0 Å². The van der Waals surface area contributed by atoms with Gasteiger partial charge in [-0.05, 0) is 51.8 Å². The molecule has 1 aliphatic rings. The van der Waals surface area contributed by atoms with Gasteiger partial charge in [0.1, 0.15) is 29.3 Å². The smallest absolute Gasteiger partial charge is 0.280 e. The molecule has 1 saturated heterocycles. The number of benzene rings is 1. The van der Waals surface area contributed by atoms with Crippen LogP contribution in [-0.2, 0) is 4.84 Å². The van der Waals surface area contributed by atoms with Crippen LogP contribution in [0, 0.1) is 11.6 Å². The number of aromatic nitrogens is 3. The Morgan fingerprint density at radius 3 is 2.81 bits per heavy atom.